The zero-order valence-corrected chi connectivity index (χ0v) is 23.5. The van der Waals surface area contributed by atoms with Crippen molar-refractivity contribution in [3.8, 4) is 17.1 Å². The molecule has 1 aliphatic heterocycles. The van der Waals surface area contributed by atoms with Crippen molar-refractivity contribution in [3.05, 3.63) is 83.4 Å². The van der Waals surface area contributed by atoms with Gasteiger partial charge in [-0.15, -0.1) is 10.2 Å². The fraction of sp³-hybridized carbons (Fsp3) is 0.222. The molecule has 1 saturated heterocycles. The summed E-state index contributed by atoms with van der Waals surface area (Å²) in [6, 6.07) is 21.5. The van der Waals surface area contributed by atoms with Gasteiger partial charge in [-0.25, -0.2) is 8.42 Å². The number of hydrogen-bond acceptors (Lipinski definition) is 7. The summed E-state index contributed by atoms with van der Waals surface area (Å²) in [4.78, 5) is 12.9. The molecule has 39 heavy (non-hydrogen) atoms. The van der Waals surface area contributed by atoms with Crippen molar-refractivity contribution in [2.75, 3.05) is 37.4 Å². The lowest BCUT2D eigenvalue weighted by Gasteiger charge is -2.26. The highest BCUT2D eigenvalue weighted by molar-refractivity contribution is 7.99. The first kappa shape index (κ1) is 27.4. The maximum Gasteiger partial charge on any atom is 0.243 e. The lowest BCUT2D eigenvalue weighted by molar-refractivity contribution is -0.113. The average molecular weight is 584 g/mol. The van der Waals surface area contributed by atoms with Crippen molar-refractivity contribution in [2.24, 2.45) is 0 Å². The van der Waals surface area contributed by atoms with Gasteiger partial charge in [-0.1, -0.05) is 47.6 Å². The second-order valence-corrected chi connectivity index (χ2v) is 12.1. The molecule has 1 fully saturated rings. The Kier molecular flexibility index (Phi) is 8.34. The Labute approximate surface area is 236 Å². The zero-order valence-electron chi connectivity index (χ0n) is 21.1. The number of amides is 1. The van der Waals surface area contributed by atoms with Crippen molar-refractivity contribution in [1.82, 2.24) is 19.1 Å². The molecule has 202 valence electrons. The molecule has 1 amide bonds. The molecule has 0 bridgehead atoms. The van der Waals surface area contributed by atoms with Crippen LogP contribution in [0.5, 0.6) is 0 Å². The van der Waals surface area contributed by atoms with Gasteiger partial charge in [0.15, 0.2) is 11.0 Å². The lowest BCUT2D eigenvalue weighted by Crippen LogP contribution is -2.40. The van der Waals surface area contributed by atoms with Crippen molar-refractivity contribution in [3.63, 3.8) is 0 Å². The van der Waals surface area contributed by atoms with E-state index >= 15 is 0 Å². The number of thioether (sulfide) groups is 1. The van der Waals surface area contributed by atoms with Crippen LogP contribution in [0.3, 0.4) is 0 Å². The summed E-state index contributed by atoms with van der Waals surface area (Å²) < 4.78 is 34.6. The zero-order chi connectivity index (χ0) is 27.4. The first-order chi connectivity index (χ1) is 18.8. The summed E-state index contributed by atoms with van der Waals surface area (Å²) in [5.41, 5.74) is 2.96. The van der Waals surface area contributed by atoms with E-state index < -0.39 is 10.0 Å². The summed E-state index contributed by atoms with van der Waals surface area (Å²) in [6.45, 7) is 3.28. The van der Waals surface area contributed by atoms with E-state index in [9.17, 15) is 13.2 Å². The van der Waals surface area contributed by atoms with Gasteiger partial charge >= 0.3 is 0 Å². The normalized spacial score (nSPS) is 14.3. The van der Waals surface area contributed by atoms with Gasteiger partial charge in [0.2, 0.25) is 15.9 Å². The number of carbonyl (C=O) groups excluding carboxylic acids is 1. The Morgan fingerprint density at radius 2 is 1.72 bits per heavy atom. The molecule has 5 rings (SSSR count). The van der Waals surface area contributed by atoms with Crippen LogP contribution in [0.4, 0.5) is 5.69 Å². The first-order valence-corrected chi connectivity index (χ1v) is 15.0. The van der Waals surface area contributed by atoms with Gasteiger partial charge in [0.05, 0.1) is 23.9 Å². The van der Waals surface area contributed by atoms with Crippen molar-refractivity contribution >= 4 is 45.0 Å². The van der Waals surface area contributed by atoms with E-state index in [2.05, 4.69) is 15.5 Å². The van der Waals surface area contributed by atoms with Crippen molar-refractivity contribution in [2.45, 2.75) is 17.0 Å². The molecule has 0 saturated carbocycles. The number of nitrogens with one attached hydrogen (secondary N) is 1. The smallest absolute Gasteiger partial charge is 0.243 e. The SMILES string of the molecule is Cc1c(Cl)cccc1NC(=O)CSc1nnc(-c2ccc(S(=O)(=O)N3CCOCC3)cc2)n1-c1ccccc1. The highest BCUT2D eigenvalue weighted by atomic mass is 35.5. The van der Waals surface area contributed by atoms with Crippen LogP contribution in [0.1, 0.15) is 5.56 Å². The van der Waals surface area contributed by atoms with Crippen molar-refractivity contribution in [1.29, 1.82) is 0 Å². The topological polar surface area (TPSA) is 106 Å². The minimum absolute atomic E-state index is 0.105. The first-order valence-electron chi connectivity index (χ1n) is 12.2. The number of morpholine rings is 1. The number of hydrogen-bond donors (Lipinski definition) is 1. The number of ether oxygens (including phenoxy) is 1. The third-order valence-corrected chi connectivity index (χ3v) is 9.49. The van der Waals surface area contributed by atoms with E-state index in [-0.39, 0.29) is 16.6 Å². The fourth-order valence-corrected chi connectivity index (χ4v) is 6.47. The fourth-order valence-electron chi connectivity index (χ4n) is 4.13. The number of aromatic nitrogens is 3. The number of rotatable bonds is 8. The highest BCUT2D eigenvalue weighted by Crippen LogP contribution is 2.30. The van der Waals surface area contributed by atoms with Gasteiger partial charge in [0.25, 0.3) is 0 Å². The predicted octanol–water partition coefficient (Wildman–Crippen LogP) is 4.65. The van der Waals surface area contributed by atoms with Crippen LogP contribution in [0.2, 0.25) is 5.02 Å². The maximum absolute atomic E-state index is 13.0. The molecular weight excluding hydrogens is 558 g/mol. The molecular formula is C27H26ClN5O4S2. The van der Waals surface area contributed by atoms with Crippen LogP contribution >= 0.6 is 23.4 Å². The Hall–Kier alpha value is -3.22. The van der Waals surface area contributed by atoms with Gasteiger partial charge in [-0.3, -0.25) is 9.36 Å². The molecule has 1 aliphatic rings. The largest absolute Gasteiger partial charge is 0.379 e. The summed E-state index contributed by atoms with van der Waals surface area (Å²) in [7, 11) is -3.61. The lowest BCUT2D eigenvalue weighted by atomic mass is 10.2. The monoisotopic (exact) mass is 583 g/mol. The molecule has 0 aliphatic carbocycles. The number of nitrogens with zero attached hydrogens (tertiary/aromatic N) is 4. The van der Waals surface area contributed by atoms with E-state index in [1.54, 1.807) is 42.5 Å². The predicted molar refractivity (Wildman–Crippen MR) is 152 cm³/mol. The number of halogens is 1. The summed E-state index contributed by atoms with van der Waals surface area (Å²) in [6.07, 6.45) is 0. The Morgan fingerprint density at radius 1 is 1.00 bits per heavy atom. The van der Waals surface area contributed by atoms with Crippen LogP contribution < -0.4 is 5.32 Å². The molecule has 9 nitrogen and oxygen atoms in total. The number of benzene rings is 3. The Morgan fingerprint density at radius 3 is 2.44 bits per heavy atom. The Balaban J connectivity index is 1.39. The third-order valence-electron chi connectivity index (χ3n) is 6.24. The molecule has 2 heterocycles. The van der Waals surface area contributed by atoms with Gasteiger partial charge in [0, 0.05) is 35.1 Å². The van der Waals surface area contributed by atoms with Gasteiger partial charge in [-0.2, -0.15) is 4.31 Å². The molecule has 4 aromatic rings. The summed E-state index contributed by atoms with van der Waals surface area (Å²) in [5, 5.41) is 12.8. The molecule has 3 aromatic carbocycles. The van der Waals surface area contributed by atoms with Crippen LogP contribution in [-0.4, -0.2) is 65.5 Å². The molecule has 1 aromatic heterocycles. The van der Waals surface area contributed by atoms with Crippen LogP contribution in [-0.2, 0) is 19.6 Å². The van der Waals surface area contributed by atoms with Crippen LogP contribution in [0.15, 0.2) is 82.8 Å². The van der Waals surface area contributed by atoms with E-state index in [0.29, 0.717) is 53.6 Å². The van der Waals surface area contributed by atoms with E-state index in [4.69, 9.17) is 16.3 Å². The summed E-state index contributed by atoms with van der Waals surface area (Å²) >= 11 is 7.43. The summed E-state index contributed by atoms with van der Waals surface area (Å²) in [5.74, 6) is 0.436. The number of sulfonamides is 1. The quantitative estimate of drug-likeness (QED) is 0.301. The average Bonchev–Trinajstić information content (AvgIpc) is 3.39. The molecule has 0 radical (unpaired) electrons. The molecule has 0 atom stereocenters. The maximum atomic E-state index is 13.0. The standard InChI is InChI=1S/C27H26ClN5O4S2/c1-19-23(28)8-5-9-24(19)29-25(34)18-38-27-31-30-26(33(27)21-6-3-2-4-7-21)20-10-12-22(13-11-20)39(35,36)32-14-16-37-17-15-32/h2-13H,14-18H2,1H3,(H,29,34). The molecule has 0 unspecified atom stereocenters. The van der Waals surface area contributed by atoms with E-state index in [1.165, 1.54) is 16.1 Å². The molecule has 12 heteroatoms. The minimum Gasteiger partial charge on any atom is -0.379 e. The highest BCUT2D eigenvalue weighted by Gasteiger charge is 2.26. The number of anilines is 1. The second-order valence-electron chi connectivity index (χ2n) is 8.77. The molecule has 0 spiro atoms. The van der Waals surface area contributed by atoms with Crippen molar-refractivity contribution < 1.29 is 17.9 Å². The van der Waals surface area contributed by atoms with E-state index in [1.807, 2.05) is 41.8 Å². The molecule has 1 N–H and O–H groups in total. The Bertz CT molecular complexity index is 1570. The number of para-hydroxylation sites is 1. The van der Waals surface area contributed by atoms with Crippen LogP contribution in [0.25, 0.3) is 17.1 Å². The number of carbonyl (C=O) groups is 1. The minimum atomic E-state index is -3.61. The van der Waals surface area contributed by atoms with Gasteiger partial charge < -0.3 is 10.1 Å². The third kappa shape index (κ3) is 6.02. The van der Waals surface area contributed by atoms with Gasteiger partial charge in [-0.05, 0) is 61.0 Å². The van der Waals surface area contributed by atoms with Gasteiger partial charge in [0.1, 0.15) is 0 Å². The second kappa shape index (κ2) is 11.9. The van der Waals surface area contributed by atoms with Crippen LogP contribution in [0, 0.1) is 6.92 Å². The van der Waals surface area contributed by atoms with E-state index in [0.717, 1.165) is 11.3 Å².